The Morgan fingerprint density at radius 1 is 1.17 bits per heavy atom. The first kappa shape index (κ1) is 28.4. The number of hydrogen-bond donors (Lipinski definition) is 2. The number of esters is 1. The summed E-state index contributed by atoms with van der Waals surface area (Å²) in [4.78, 5) is 39.7. The molecule has 1 unspecified atom stereocenters. The molecule has 13 heteroatoms. The average Bonchev–Trinajstić information content (AvgIpc) is 3.77. The Kier molecular flexibility index (Phi) is 8.74. The van der Waals surface area contributed by atoms with Crippen molar-refractivity contribution in [1.29, 1.82) is 0 Å². The maximum absolute atomic E-state index is 13.4. The number of methoxy groups -OCH3 is 1. The Morgan fingerprint density at radius 3 is 2.76 bits per heavy atom. The number of thiophene rings is 1. The van der Waals surface area contributed by atoms with Crippen LogP contribution < -0.4 is 15.4 Å². The number of carbonyl (C=O) groups excluding carboxylic acids is 3. The summed E-state index contributed by atoms with van der Waals surface area (Å²) in [5, 5.41) is 14.7. The summed E-state index contributed by atoms with van der Waals surface area (Å²) in [7, 11) is 1.56. The predicted molar refractivity (Wildman–Crippen MR) is 154 cm³/mol. The standard InChI is InChI=1S/C28H29N5O6S2/c1-4-38-27(36)23-17-9-7-13-21(17)41-26(23)30-24(34)16(2)40-28-32-31-22(15-29-25(35)20-12-8-14-39-20)33(28)18-10-5-6-11-19(18)37-3/h5-6,8,10-12,14,16H,4,7,9,13,15H2,1-3H3,(H,29,35)(H,30,34). The molecule has 0 fully saturated rings. The Labute approximate surface area is 244 Å². The maximum Gasteiger partial charge on any atom is 0.341 e. The van der Waals surface area contributed by atoms with Crippen molar-refractivity contribution in [3.63, 3.8) is 0 Å². The van der Waals surface area contributed by atoms with E-state index in [2.05, 4.69) is 20.8 Å². The lowest BCUT2D eigenvalue weighted by Crippen LogP contribution is -2.25. The summed E-state index contributed by atoms with van der Waals surface area (Å²) in [6.07, 6.45) is 4.08. The van der Waals surface area contributed by atoms with E-state index in [1.54, 1.807) is 43.7 Å². The second kappa shape index (κ2) is 12.6. The Bertz CT molecular complexity index is 1560. The maximum atomic E-state index is 13.4. The van der Waals surface area contributed by atoms with Gasteiger partial charge in [0.15, 0.2) is 16.7 Å². The van der Waals surface area contributed by atoms with Gasteiger partial charge >= 0.3 is 5.97 Å². The summed E-state index contributed by atoms with van der Waals surface area (Å²) in [6, 6.07) is 10.5. The number of carbonyl (C=O) groups is 3. The molecule has 11 nitrogen and oxygen atoms in total. The molecule has 0 saturated carbocycles. The molecule has 1 aromatic carbocycles. The minimum absolute atomic E-state index is 0.0510. The number of rotatable bonds is 11. The van der Waals surface area contributed by atoms with Crippen molar-refractivity contribution in [2.24, 2.45) is 0 Å². The summed E-state index contributed by atoms with van der Waals surface area (Å²) >= 11 is 2.63. The van der Waals surface area contributed by atoms with Gasteiger partial charge in [-0.1, -0.05) is 23.9 Å². The van der Waals surface area contributed by atoms with E-state index in [-0.39, 0.29) is 24.8 Å². The monoisotopic (exact) mass is 595 g/mol. The van der Waals surface area contributed by atoms with Gasteiger partial charge in [0.25, 0.3) is 5.91 Å². The van der Waals surface area contributed by atoms with Gasteiger partial charge in [-0.2, -0.15) is 0 Å². The van der Waals surface area contributed by atoms with Crippen LogP contribution in [-0.2, 0) is 28.9 Å². The summed E-state index contributed by atoms with van der Waals surface area (Å²) in [6.45, 7) is 3.82. The number of furan rings is 1. The number of hydrogen-bond acceptors (Lipinski definition) is 10. The number of para-hydroxylation sites is 2. The normalized spacial score (nSPS) is 13.0. The van der Waals surface area contributed by atoms with Crippen LogP contribution in [0.3, 0.4) is 0 Å². The van der Waals surface area contributed by atoms with Crippen molar-refractivity contribution in [2.75, 3.05) is 19.0 Å². The van der Waals surface area contributed by atoms with Crippen LogP contribution in [0.25, 0.3) is 5.69 Å². The molecule has 0 bridgehead atoms. The van der Waals surface area contributed by atoms with E-state index in [0.29, 0.717) is 33.0 Å². The van der Waals surface area contributed by atoms with Crippen LogP contribution in [0.4, 0.5) is 5.00 Å². The molecule has 1 atom stereocenters. The summed E-state index contributed by atoms with van der Waals surface area (Å²) in [5.74, 6) is 0.0741. The van der Waals surface area contributed by atoms with Crippen molar-refractivity contribution in [1.82, 2.24) is 20.1 Å². The molecule has 5 rings (SSSR count). The van der Waals surface area contributed by atoms with Crippen molar-refractivity contribution in [3.8, 4) is 11.4 Å². The van der Waals surface area contributed by atoms with Crippen LogP contribution in [0.15, 0.2) is 52.2 Å². The highest BCUT2D eigenvalue weighted by Crippen LogP contribution is 2.40. The summed E-state index contributed by atoms with van der Waals surface area (Å²) in [5.41, 5.74) is 2.08. The Balaban J connectivity index is 1.38. The molecule has 0 saturated heterocycles. The predicted octanol–water partition coefficient (Wildman–Crippen LogP) is 4.65. The molecule has 0 aliphatic heterocycles. The minimum atomic E-state index is -0.606. The summed E-state index contributed by atoms with van der Waals surface area (Å²) < 4.78 is 17.8. The third-order valence-corrected chi connectivity index (χ3v) is 8.72. The van der Waals surface area contributed by atoms with Gasteiger partial charge in [-0.25, -0.2) is 4.79 Å². The lowest BCUT2D eigenvalue weighted by atomic mass is 10.1. The molecule has 214 valence electrons. The van der Waals surface area contributed by atoms with E-state index >= 15 is 0 Å². The largest absolute Gasteiger partial charge is 0.495 e. The lowest BCUT2D eigenvalue weighted by Gasteiger charge is -2.16. The van der Waals surface area contributed by atoms with E-state index in [4.69, 9.17) is 13.9 Å². The van der Waals surface area contributed by atoms with Crippen LogP contribution in [0.5, 0.6) is 5.75 Å². The number of anilines is 1. The van der Waals surface area contributed by atoms with Crippen molar-refractivity contribution >= 4 is 45.9 Å². The fourth-order valence-corrected chi connectivity index (χ4v) is 6.70. The molecule has 0 radical (unpaired) electrons. The van der Waals surface area contributed by atoms with Crippen molar-refractivity contribution in [2.45, 2.75) is 50.1 Å². The van der Waals surface area contributed by atoms with Crippen LogP contribution in [-0.4, -0.2) is 51.5 Å². The zero-order chi connectivity index (χ0) is 28.9. The van der Waals surface area contributed by atoms with Crippen LogP contribution >= 0.6 is 23.1 Å². The van der Waals surface area contributed by atoms with Gasteiger partial charge in [0.1, 0.15) is 10.8 Å². The molecule has 41 heavy (non-hydrogen) atoms. The molecule has 1 aliphatic rings. The van der Waals surface area contributed by atoms with Crippen LogP contribution in [0.1, 0.15) is 57.4 Å². The zero-order valence-corrected chi connectivity index (χ0v) is 24.4. The third kappa shape index (κ3) is 6.00. The highest BCUT2D eigenvalue weighted by Gasteiger charge is 2.30. The Morgan fingerprint density at radius 2 is 2.00 bits per heavy atom. The Hall–Kier alpha value is -4.10. The molecule has 2 N–H and O–H groups in total. The first-order chi connectivity index (χ1) is 19.9. The number of nitrogens with zero attached hydrogens (tertiary/aromatic N) is 3. The highest BCUT2D eigenvalue weighted by molar-refractivity contribution is 8.00. The average molecular weight is 596 g/mol. The SMILES string of the molecule is CCOC(=O)c1c(NC(=O)C(C)Sc2nnc(CNC(=O)c3ccco3)n2-c2ccccc2OC)sc2c1CCC2. The molecule has 4 aromatic rings. The molecular formula is C28H29N5O6S2. The van der Waals surface area contributed by atoms with E-state index in [1.807, 2.05) is 18.2 Å². The van der Waals surface area contributed by atoms with Gasteiger partial charge in [0.05, 0.1) is 43.0 Å². The number of fused-ring (bicyclic) bond motifs is 1. The molecule has 1 aliphatic carbocycles. The van der Waals surface area contributed by atoms with E-state index in [9.17, 15) is 14.4 Å². The molecule has 3 aromatic heterocycles. The van der Waals surface area contributed by atoms with E-state index in [1.165, 1.54) is 29.4 Å². The van der Waals surface area contributed by atoms with Crippen molar-refractivity contribution < 1.29 is 28.3 Å². The number of benzene rings is 1. The number of aromatic nitrogens is 3. The van der Waals surface area contributed by atoms with Gasteiger partial charge in [-0.05, 0) is 62.9 Å². The molecular weight excluding hydrogens is 566 g/mol. The number of aryl methyl sites for hydroxylation is 1. The van der Waals surface area contributed by atoms with E-state index < -0.39 is 17.1 Å². The number of thioether (sulfide) groups is 1. The van der Waals surface area contributed by atoms with Gasteiger partial charge < -0.3 is 24.5 Å². The topological polar surface area (TPSA) is 138 Å². The molecule has 3 heterocycles. The van der Waals surface area contributed by atoms with Crippen molar-refractivity contribution in [3.05, 3.63) is 70.3 Å². The third-order valence-electron chi connectivity index (χ3n) is 6.47. The number of ether oxygens (including phenoxy) is 2. The second-order valence-corrected chi connectivity index (χ2v) is 11.5. The number of nitrogens with one attached hydrogen (secondary N) is 2. The van der Waals surface area contributed by atoms with Gasteiger partial charge in [-0.15, -0.1) is 21.5 Å². The fourth-order valence-electron chi connectivity index (χ4n) is 4.54. The fraction of sp³-hybridized carbons (Fsp3) is 0.321. The van der Waals surface area contributed by atoms with Gasteiger partial charge in [0.2, 0.25) is 5.91 Å². The smallest absolute Gasteiger partial charge is 0.341 e. The van der Waals surface area contributed by atoms with E-state index in [0.717, 1.165) is 29.7 Å². The van der Waals surface area contributed by atoms with Crippen LogP contribution in [0, 0.1) is 0 Å². The first-order valence-electron chi connectivity index (χ1n) is 13.1. The van der Waals surface area contributed by atoms with Gasteiger partial charge in [-0.3, -0.25) is 14.2 Å². The first-order valence-corrected chi connectivity index (χ1v) is 14.8. The zero-order valence-electron chi connectivity index (χ0n) is 22.8. The minimum Gasteiger partial charge on any atom is -0.495 e. The second-order valence-electron chi connectivity index (χ2n) is 9.10. The quantitative estimate of drug-likeness (QED) is 0.188. The van der Waals surface area contributed by atoms with Crippen LogP contribution in [0.2, 0.25) is 0 Å². The molecule has 0 spiro atoms. The lowest BCUT2D eigenvalue weighted by molar-refractivity contribution is -0.115. The molecule has 2 amide bonds. The van der Waals surface area contributed by atoms with Gasteiger partial charge in [0, 0.05) is 4.88 Å². The number of amides is 2. The highest BCUT2D eigenvalue weighted by atomic mass is 32.2.